The molecule has 1 amide bonds. The predicted molar refractivity (Wildman–Crippen MR) is 82.2 cm³/mol. The number of aryl methyl sites for hydroxylation is 1. The largest absolute Gasteiger partial charge is 0.394 e. The Morgan fingerprint density at radius 3 is 2.29 bits per heavy atom. The van der Waals surface area contributed by atoms with Crippen LogP contribution >= 0.6 is 0 Å². The molecular formula is C15H17F3N2O3S. The third-order valence-electron chi connectivity index (χ3n) is 4.73. The van der Waals surface area contributed by atoms with Gasteiger partial charge in [-0.3, -0.25) is 9.52 Å². The van der Waals surface area contributed by atoms with Crippen LogP contribution in [0.1, 0.15) is 35.2 Å². The first-order chi connectivity index (χ1) is 10.8. The van der Waals surface area contributed by atoms with Crippen LogP contribution in [0.4, 0.5) is 18.9 Å². The first-order valence-corrected chi connectivity index (χ1v) is 9.22. The minimum Gasteiger partial charge on any atom is -0.346 e. The molecule has 3 aliphatic rings. The molecule has 0 aromatic heterocycles. The van der Waals surface area contributed by atoms with Crippen molar-refractivity contribution in [2.24, 2.45) is 5.41 Å². The van der Waals surface area contributed by atoms with Gasteiger partial charge in [-0.1, -0.05) is 6.07 Å². The molecule has 5 nitrogen and oxygen atoms in total. The highest BCUT2D eigenvalue weighted by Gasteiger charge is 2.79. The zero-order valence-electron chi connectivity index (χ0n) is 13.1. The first kappa shape index (κ1) is 17.1. The number of hydrogen-bond donors (Lipinski definition) is 2. The smallest absolute Gasteiger partial charge is 0.346 e. The SMILES string of the molecule is Cc1ccc(C(=O)NC23CC(C(F)(F)F)(C2)C3)c(NS(C)(=O)=O)c1. The van der Waals surface area contributed by atoms with E-state index >= 15 is 0 Å². The molecule has 0 aliphatic heterocycles. The number of nitrogens with one attached hydrogen (secondary N) is 2. The maximum atomic E-state index is 12.9. The number of hydrogen-bond acceptors (Lipinski definition) is 3. The average molecular weight is 362 g/mol. The van der Waals surface area contributed by atoms with Crippen molar-refractivity contribution in [2.75, 3.05) is 11.0 Å². The Kier molecular flexibility index (Phi) is 3.46. The molecule has 0 saturated heterocycles. The molecule has 1 aromatic carbocycles. The molecule has 3 fully saturated rings. The summed E-state index contributed by atoms with van der Waals surface area (Å²) in [5.41, 5.74) is -1.51. The van der Waals surface area contributed by atoms with Crippen molar-refractivity contribution < 1.29 is 26.4 Å². The summed E-state index contributed by atoms with van der Waals surface area (Å²) in [5.74, 6) is -0.573. The second-order valence-corrected chi connectivity index (χ2v) is 8.71. The lowest BCUT2D eigenvalue weighted by atomic mass is 9.39. The summed E-state index contributed by atoms with van der Waals surface area (Å²) in [6.07, 6.45) is -3.63. The van der Waals surface area contributed by atoms with Gasteiger partial charge in [-0.15, -0.1) is 0 Å². The highest BCUT2D eigenvalue weighted by atomic mass is 32.2. The van der Waals surface area contributed by atoms with Crippen molar-refractivity contribution >= 4 is 21.6 Å². The van der Waals surface area contributed by atoms with E-state index in [1.54, 1.807) is 13.0 Å². The van der Waals surface area contributed by atoms with Crippen LogP contribution < -0.4 is 10.0 Å². The summed E-state index contributed by atoms with van der Waals surface area (Å²) in [5, 5.41) is 2.64. The van der Waals surface area contributed by atoms with Crippen LogP contribution in [0.15, 0.2) is 18.2 Å². The fourth-order valence-corrected chi connectivity index (χ4v) is 4.24. The number of carbonyl (C=O) groups excluding carboxylic acids is 1. The number of alkyl halides is 3. The van der Waals surface area contributed by atoms with Gasteiger partial charge in [-0.05, 0) is 43.9 Å². The van der Waals surface area contributed by atoms with Crippen LogP contribution in [0.3, 0.4) is 0 Å². The molecule has 132 valence electrons. The lowest BCUT2D eigenvalue weighted by Crippen LogP contribution is -2.78. The average Bonchev–Trinajstić information content (AvgIpc) is 2.27. The highest BCUT2D eigenvalue weighted by molar-refractivity contribution is 7.92. The molecule has 24 heavy (non-hydrogen) atoms. The van der Waals surface area contributed by atoms with Crippen LogP contribution in [0, 0.1) is 12.3 Å². The van der Waals surface area contributed by atoms with Gasteiger partial charge in [0, 0.05) is 5.54 Å². The topological polar surface area (TPSA) is 75.3 Å². The van der Waals surface area contributed by atoms with E-state index in [4.69, 9.17) is 0 Å². The Labute approximate surface area is 137 Å². The quantitative estimate of drug-likeness (QED) is 0.864. The summed E-state index contributed by atoms with van der Waals surface area (Å²) in [7, 11) is -3.58. The van der Waals surface area contributed by atoms with E-state index < -0.39 is 33.1 Å². The molecule has 0 atom stereocenters. The van der Waals surface area contributed by atoms with Crippen LogP contribution in [-0.4, -0.2) is 32.3 Å². The van der Waals surface area contributed by atoms with E-state index in [-0.39, 0.29) is 30.5 Å². The Bertz CT molecular complexity index is 798. The van der Waals surface area contributed by atoms with Gasteiger partial charge in [0.2, 0.25) is 10.0 Å². The van der Waals surface area contributed by atoms with Gasteiger partial charge in [0.05, 0.1) is 22.9 Å². The maximum absolute atomic E-state index is 12.9. The molecule has 3 saturated carbocycles. The number of sulfonamides is 1. The third-order valence-corrected chi connectivity index (χ3v) is 5.32. The Morgan fingerprint density at radius 1 is 1.21 bits per heavy atom. The summed E-state index contributed by atoms with van der Waals surface area (Å²) < 4.78 is 63.7. The van der Waals surface area contributed by atoms with Crippen molar-refractivity contribution in [1.82, 2.24) is 5.32 Å². The standard InChI is InChI=1S/C15H17F3N2O3S/c1-9-3-4-10(11(5-9)20-24(2,22)23)12(21)19-14-6-13(7-14,8-14)15(16,17)18/h3-5,20H,6-8H2,1-2H3,(H,19,21). The van der Waals surface area contributed by atoms with Crippen LogP contribution in [-0.2, 0) is 10.0 Å². The molecule has 0 spiro atoms. The van der Waals surface area contributed by atoms with Crippen LogP contribution in [0.25, 0.3) is 0 Å². The van der Waals surface area contributed by atoms with E-state index in [2.05, 4.69) is 10.0 Å². The molecule has 2 N–H and O–H groups in total. The fraction of sp³-hybridized carbons (Fsp3) is 0.533. The highest BCUT2D eigenvalue weighted by Crippen LogP contribution is 2.73. The Balaban J connectivity index is 1.76. The number of rotatable bonds is 4. The first-order valence-electron chi connectivity index (χ1n) is 7.33. The summed E-state index contributed by atoms with van der Waals surface area (Å²) in [4.78, 5) is 12.4. The van der Waals surface area contributed by atoms with E-state index in [0.29, 0.717) is 0 Å². The van der Waals surface area contributed by atoms with Gasteiger partial charge in [0.15, 0.2) is 0 Å². The van der Waals surface area contributed by atoms with E-state index in [1.165, 1.54) is 12.1 Å². The van der Waals surface area contributed by atoms with Gasteiger partial charge >= 0.3 is 6.18 Å². The molecule has 0 radical (unpaired) electrons. The predicted octanol–water partition coefficient (Wildman–Crippen LogP) is 2.58. The van der Waals surface area contributed by atoms with E-state index in [9.17, 15) is 26.4 Å². The van der Waals surface area contributed by atoms with Crippen molar-refractivity contribution in [3.8, 4) is 0 Å². The Hall–Kier alpha value is -1.77. The molecule has 0 unspecified atom stereocenters. The summed E-state index contributed by atoms with van der Waals surface area (Å²) >= 11 is 0. The van der Waals surface area contributed by atoms with E-state index in [0.717, 1.165) is 11.8 Å². The number of halogens is 3. The number of anilines is 1. The maximum Gasteiger partial charge on any atom is 0.394 e. The zero-order valence-corrected chi connectivity index (χ0v) is 13.9. The van der Waals surface area contributed by atoms with Crippen molar-refractivity contribution in [2.45, 2.75) is 37.9 Å². The molecule has 9 heteroatoms. The summed E-state index contributed by atoms with van der Waals surface area (Å²) in [6.45, 7) is 1.74. The zero-order chi connectivity index (χ0) is 18.0. The molecule has 1 aromatic rings. The van der Waals surface area contributed by atoms with Gasteiger partial charge in [-0.25, -0.2) is 8.42 Å². The van der Waals surface area contributed by atoms with Crippen LogP contribution in [0.5, 0.6) is 0 Å². The van der Waals surface area contributed by atoms with Crippen molar-refractivity contribution in [3.05, 3.63) is 29.3 Å². The Morgan fingerprint density at radius 2 is 1.79 bits per heavy atom. The lowest BCUT2D eigenvalue weighted by Gasteiger charge is -2.70. The van der Waals surface area contributed by atoms with Gasteiger partial charge < -0.3 is 5.32 Å². The van der Waals surface area contributed by atoms with Gasteiger partial charge in [-0.2, -0.15) is 13.2 Å². The third kappa shape index (κ3) is 2.74. The molecule has 4 rings (SSSR count). The van der Waals surface area contributed by atoms with Gasteiger partial charge in [0.1, 0.15) is 0 Å². The second-order valence-electron chi connectivity index (χ2n) is 6.97. The van der Waals surface area contributed by atoms with E-state index in [1.807, 2.05) is 0 Å². The van der Waals surface area contributed by atoms with Gasteiger partial charge in [0.25, 0.3) is 5.91 Å². The number of benzene rings is 1. The van der Waals surface area contributed by atoms with Crippen LogP contribution in [0.2, 0.25) is 0 Å². The lowest BCUT2D eigenvalue weighted by molar-refractivity contribution is -0.336. The molecule has 2 bridgehead atoms. The minimum absolute atomic E-state index is 0.0943. The molecule has 0 heterocycles. The van der Waals surface area contributed by atoms with Crippen molar-refractivity contribution in [1.29, 1.82) is 0 Å². The second kappa shape index (κ2) is 4.87. The number of amides is 1. The fourth-order valence-electron chi connectivity index (χ4n) is 3.67. The van der Waals surface area contributed by atoms with Crippen molar-refractivity contribution in [3.63, 3.8) is 0 Å². The normalized spacial score (nSPS) is 28.5. The number of carbonyl (C=O) groups is 1. The minimum atomic E-state index is -4.24. The molecular weight excluding hydrogens is 345 g/mol. The summed E-state index contributed by atoms with van der Waals surface area (Å²) in [6, 6.07) is 4.61. The molecule has 3 aliphatic carbocycles. The monoisotopic (exact) mass is 362 g/mol.